The molecule has 12 heavy (non-hydrogen) atoms. The van der Waals surface area contributed by atoms with E-state index >= 15 is 0 Å². The number of hydrogen-bond donors (Lipinski definition) is 1. The number of aromatic nitrogens is 2. The molecule has 0 spiro atoms. The van der Waals surface area contributed by atoms with Crippen molar-refractivity contribution < 1.29 is 4.42 Å². The second-order valence-corrected chi connectivity index (χ2v) is 3.65. The Morgan fingerprint density at radius 1 is 1.50 bits per heavy atom. The fourth-order valence-corrected chi connectivity index (χ4v) is 1.32. The molecule has 0 aliphatic carbocycles. The van der Waals surface area contributed by atoms with Gasteiger partial charge in [-0.15, -0.1) is 16.7 Å². The lowest BCUT2D eigenvalue weighted by Gasteiger charge is -2.17. The van der Waals surface area contributed by atoms with Crippen LogP contribution in [0.15, 0.2) is 4.42 Å². The lowest BCUT2D eigenvalue weighted by molar-refractivity contribution is 0.368. The van der Waals surface area contributed by atoms with E-state index in [9.17, 15) is 0 Å². The zero-order valence-electron chi connectivity index (χ0n) is 7.17. The zero-order chi connectivity index (χ0) is 9.19. The first-order valence-corrected chi connectivity index (χ1v) is 4.25. The Morgan fingerprint density at radius 3 is 2.58 bits per heavy atom. The van der Waals surface area contributed by atoms with Gasteiger partial charge in [0.25, 0.3) is 0 Å². The molecule has 0 aliphatic rings. The van der Waals surface area contributed by atoms with E-state index in [1.165, 1.54) is 0 Å². The lowest BCUT2D eigenvalue weighted by Crippen LogP contribution is -2.18. The predicted molar refractivity (Wildman–Crippen MR) is 47.1 cm³/mol. The maximum atomic E-state index is 5.62. The molecule has 0 aromatic carbocycles. The van der Waals surface area contributed by atoms with Crippen molar-refractivity contribution in [2.24, 2.45) is 0 Å². The normalized spacial score (nSPS) is 11.9. The van der Waals surface area contributed by atoms with Gasteiger partial charge >= 0.3 is 6.01 Å². The van der Waals surface area contributed by atoms with E-state index in [4.69, 9.17) is 21.8 Å². The molecule has 0 fully saturated rings. The number of anilines is 1. The Labute approximate surface area is 76.1 Å². The molecule has 0 saturated carbocycles. The van der Waals surface area contributed by atoms with Crippen LogP contribution in [0.2, 0.25) is 0 Å². The third kappa shape index (κ3) is 1.88. The number of hydrogen-bond acceptors (Lipinski definition) is 4. The summed E-state index contributed by atoms with van der Waals surface area (Å²) in [5, 5.41) is 7.39. The minimum atomic E-state index is -0.188. The summed E-state index contributed by atoms with van der Waals surface area (Å²) in [6, 6.07) is 0.104. The van der Waals surface area contributed by atoms with Crippen LogP contribution in [-0.4, -0.2) is 16.1 Å². The van der Waals surface area contributed by atoms with E-state index in [0.717, 1.165) is 6.42 Å². The van der Waals surface area contributed by atoms with E-state index < -0.39 is 0 Å². The second kappa shape index (κ2) is 3.31. The molecular formula is C7H12ClN3O. The van der Waals surface area contributed by atoms with Gasteiger partial charge in [0.05, 0.1) is 0 Å². The number of alkyl halides is 1. The van der Waals surface area contributed by atoms with Crippen LogP contribution >= 0.6 is 11.6 Å². The van der Waals surface area contributed by atoms with E-state index in [-0.39, 0.29) is 11.4 Å². The summed E-state index contributed by atoms with van der Waals surface area (Å²) in [7, 11) is 0. The van der Waals surface area contributed by atoms with Crippen LogP contribution in [0.5, 0.6) is 0 Å². The van der Waals surface area contributed by atoms with Crippen LogP contribution in [0, 0.1) is 0 Å². The molecule has 1 aromatic heterocycles. The summed E-state index contributed by atoms with van der Waals surface area (Å²) in [4.78, 5) is 0. The van der Waals surface area contributed by atoms with Crippen LogP contribution in [0.3, 0.4) is 0 Å². The van der Waals surface area contributed by atoms with Crippen molar-refractivity contribution in [3.8, 4) is 0 Å². The van der Waals surface area contributed by atoms with Gasteiger partial charge in [-0.1, -0.05) is 18.9 Å². The maximum absolute atomic E-state index is 5.62. The van der Waals surface area contributed by atoms with Gasteiger partial charge in [0.15, 0.2) is 0 Å². The minimum absolute atomic E-state index is 0.104. The van der Waals surface area contributed by atoms with Crippen LogP contribution in [0.4, 0.5) is 6.01 Å². The summed E-state index contributed by atoms with van der Waals surface area (Å²) in [6.45, 7) is 3.98. The molecule has 0 aliphatic heterocycles. The molecule has 2 N–H and O–H groups in total. The minimum Gasteiger partial charge on any atom is -0.408 e. The molecule has 1 aromatic rings. The van der Waals surface area contributed by atoms with Gasteiger partial charge in [-0.2, -0.15) is 0 Å². The molecule has 0 bridgehead atoms. The number of rotatable bonds is 3. The molecule has 0 atom stereocenters. The third-order valence-corrected chi connectivity index (χ3v) is 1.93. The maximum Gasteiger partial charge on any atom is 0.312 e. The van der Waals surface area contributed by atoms with Crippen LogP contribution < -0.4 is 5.73 Å². The standard InChI is InChI=1S/C7H12ClN3O/c1-7(2,3-4-8)5-10-11-6(9)12-5/h3-4H2,1-2H3,(H2,9,11). The summed E-state index contributed by atoms with van der Waals surface area (Å²) in [6.07, 6.45) is 0.788. The number of nitrogens with zero attached hydrogens (tertiary/aromatic N) is 2. The van der Waals surface area contributed by atoms with Crippen molar-refractivity contribution >= 4 is 17.6 Å². The summed E-state index contributed by atoms with van der Waals surface area (Å²) < 4.78 is 5.10. The highest BCUT2D eigenvalue weighted by molar-refractivity contribution is 6.17. The van der Waals surface area contributed by atoms with Gasteiger partial charge in [0.1, 0.15) is 0 Å². The first-order chi connectivity index (χ1) is 5.56. The average Bonchev–Trinajstić information content (AvgIpc) is 2.36. The smallest absolute Gasteiger partial charge is 0.312 e. The quantitative estimate of drug-likeness (QED) is 0.733. The van der Waals surface area contributed by atoms with Crippen molar-refractivity contribution in [3.63, 3.8) is 0 Å². The Bertz CT molecular complexity index is 259. The SMILES string of the molecule is CC(C)(CCCl)c1nnc(N)o1. The highest BCUT2D eigenvalue weighted by Gasteiger charge is 2.26. The summed E-state index contributed by atoms with van der Waals surface area (Å²) in [5.41, 5.74) is 5.11. The van der Waals surface area contributed by atoms with Crippen molar-refractivity contribution in [1.29, 1.82) is 0 Å². The molecule has 0 unspecified atom stereocenters. The van der Waals surface area contributed by atoms with Gasteiger partial charge in [0, 0.05) is 11.3 Å². The molecule has 68 valence electrons. The highest BCUT2D eigenvalue weighted by Crippen LogP contribution is 2.26. The topological polar surface area (TPSA) is 64.9 Å². The molecule has 0 saturated heterocycles. The van der Waals surface area contributed by atoms with E-state index in [1.54, 1.807) is 0 Å². The van der Waals surface area contributed by atoms with Crippen LogP contribution in [0.25, 0.3) is 0 Å². The largest absolute Gasteiger partial charge is 0.408 e. The second-order valence-electron chi connectivity index (χ2n) is 3.27. The van der Waals surface area contributed by atoms with Crippen molar-refractivity contribution in [2.75, 3.05) is 11.6 Å². The lowest BCUT2D eigenvalue weighted by atomic mass is 9.90. The van der Waals surface area contributed by atoms with Crippen LogP contribution in [-0.2, 0) is 5.41 Å². The molecule has 4 nitrogen and oxygen atoms in total. The highest BCUT2D eigenvalue weighted by atomic mass is 35.5. The Balaban J connectivity index is 2.81. The van der Waals surface area contributed by atoms with Gasteiger partial charge in [0.2, 0.25) is 5.89 Å². The van der Waals surface area contributed by atoms with Gasteiger partial charge < -0.3 is 10.2 Å². The third-order valence-electron chi connectivity index (χ3n) is 1.74. The van der Waals surface area contributed by atoms with Crippen molar-refractivity contribution in [2.45, 2.75) is 25.7 Å². The zero-order valence-corrected chi connectivity index (χ0v) is 7.93. The molecule has 1 heterocycles. The summed E-state index contributed by atoms with van der Waals surface area (Å²) >= 11 is 5.62. The average molecular weight is 190 g/mol. The van der Waals surface area contributed by atoms with Gasteiger partial charge in [-0.05, 0) is 6.42 Å². The van der Waals surface area contributed by atoms with Crippen molar-refractivity contribution in [3.05, 3.63) is 5.89 Å². The first-order valence-electron chi connectivity index (χ1n) is 3.71. The molecule has 0 radical (unpaired) electrons. The fraction of sp³-hybridized carbons (Fsp3) is 0.714. The van der Waals surface area contributed by atoms with Gasteiger partial charge in [-0.3, -0.25) is 0 Å². The molecular weight excluding hydrogens is 178 g/mol. The molecule has 5 heteroatoms. The predicted octanol–water partition coefficient (Wildman–Crippen LogP) is 1.56. The van der Waals surface area contributed by atoms with E-state index in [2.05, 4.69) is 10.2 Å². The molecule has 1 rings (SSSR count). The number of nitrogens with two attached hydrogens (primary N) is 1. The Hall–Kier alpha value is -0.770. The number of nitrogen functional groups attached to an aromatic ring is 1. The Kier molecular flexibility index (Phi) is 2.57. The Morgan fingerprint density at radius 2 is 2.17 bits per heavy atom. The first kappa shape index (κ1) is 9.32. The monoisotopic (exact) mass is 189 g/mol. The van der Waals surface area contributed by atoms with E-state index in [0.29, 0.717) is 11.8 Å². The molecule has 0 amide bonds. The van der Waals surface area contributed by atoms with Gasteiger partial charge in [-0.25, -0.2) is 0 Å². The number of halogens is 1. The van der Waals surface area contributed by atoms with Crippen molar-refractivity contribution in [1.82, 2.24) is 10.2 Å². The fourth-order valence-electron chi connectivity index (χ4n) is 0.851. The van der Waals surface area contributed by atoms with Crippen LogP contribution in [0.1, 0.15) is 26.2 Å². The summed E-state index contributed by atoms with van der Waals surface area (Å²) in [5.74, 6) is 1.11. The van der Waals surface area contributed by atoms with E-state index in [1.807, 2.05) is 13.8 Å².